The Morgan fingerprint density at radius 3 is 2.38 bits per heavy atom. The number of amides is 1. The summed E-state index contributed by atoms with van der Waals surface area (Å²) in [4.78, 5) is 22.2. The highest BCUT2D eigenvalue weighted by molar-refractivity contribution is 7.91. The van der Waals surface area contributed by atoms with E-state index >= 15 is 0 Å². The number of hydrogen-bond donors (Lipinski definition) is 0. The molecule has 0 aliphatic heterocycles. The third-order valence-electron chi connectivity index (χ3n) is 5.89. The van der Waals surface area contributed by atoms with Gasteiger partial charge in [0.2, 0.25) is 5.91 Å². The number of aromatic nitrogens is 1. The maximum absolute atomic E-state index is 13.3. The Morgan fingerprint density at radius 1 is 1.03 bits per heavy atom. The van der Waals surface area contributed by atoms with E-state index < -0.39 is 9.84 Å². The van der Waals surface area contributed by atoms with Crippen molar-refractivity contribution in [3.63, 3.8) is 0 Å². The first-order chi connectivity index (χ1) is 16.3. The molecule has 0 radical (unpaired) electrons. The van der Waals surface area contributed by atoms with E-state index in [4.69, 9.17) is 16.6 Å². The number of hydrogen-bond acceptors (Lipinski definition) is 6. The topological polar surface area (TPSA) is 70.6 Å². The van der Waals surface area contributed by atoms with Crippen molar-refractivity contribution in [1.82, 2.24) is 9.88 Å². The van der Waals surface area contributed by atoms with Gasteiger partial charge in [-0.25, -0.2) is 13.4 Å². The Morgan fingerprint density at radius 2 is 1.74 bits per heavy atom. The van der Waals surface area contributed by atoms with Crippen LogP contribution in [0, 0.1) is 0 Å². The number of nitrogens with zero attached hydrogens (tertiary/aromatic N) is 3. The molecule has 9 heteroatoms. The summed E-state index contributed by atoms with van der Waals surface area (Å²) < 4.78 is 26.4. The lowest BCUT2D eigenvalue weighted by Gasteiger charge is -2.24. The van der Waals surface area contributed by atoms with Gasteiger partial charge in [0.15, 0.2) is 15.0 Å². The molecule has 2 aromatic carbocycles. The van der Waals surface area contributed by atoms with E-state index in [0.29, 0.717) is 16.7 Å². The second-order valence-electron chi connectivity index (χ2n) is 8.10. The lowest BCUT2D eigenvalue weighted by Crippen LogP contribution is -2.38. The van der Waals surface area contributed by atoms with E-state index in [1.54, 1.807) is 17.0 Å². The van der Waals surface area contributed by atoms with Crippen molar-refractivity contribution in [1.29, 1.82) is 0 Å². The molecule has 1 amide bonds. The average Bonchev–Trinajstić information content (AvgIpc) is 3.24. The fourth-order valence-corrected chi connectivity index (χ4v) is 6.22. The van der Waals surface area contributed by atoms with E-state index in [1.807, 2.05) is 6.07 Å². The van der Waals surface area contributed by atoms with Crippen LogP contribution in [0.15, 0.2) is 47.4 Å². The van der Waals surface area contributed by atoms with Crippen molar-refractivity contribution >= 4 is 54.0 Å². The predicted octanol–water partition coefficient (Wildman–Crippen LogP) is 5.44. The van der Waals surface area contributed by atoms with Gasteiger partial charge >= 0.3 is 0 Å². The first-order valence-corrected chi connectivity index (χ1v) is 14.5. The second-order valence-corrected chi connectivity index (χ2v) is 11.7. The number of halogens is 1. The molecule has 0 saturated carbocycles. The molecule has 1 aromatic heterocycles. The number of aryl methyl sites for hydroxylation is 1. The van der Waals surface area contributed by atoms with Crippen LogP contribution >= 0.6 is 22.9 Å². The standard InChI is InChI=1S/C25H32ClN3O3S2/c1-4-19-9-14-22-23(18-19)33-25(27-22)29(16-15-28(5-2)6-3)24(30)8-7-17-34(31,32)21-12-10-20(26)11-13-21/h9-14,18H,4-8,15-17H2,1-3H3. The third kappa shape index (κ3) is 6.78. The van der Waals surface area contributed by atoms with Gasteiger partial charge in [-0.3, -0.25) is 9.69 Å². The molecule has 1 heterocycles. The van der Waals surface area contributed by atoms with Crippen LogP contribution in [0.3, 0.4) is 0 Å². The number of carbonyl (C=O) groups is 1. The summed E-state index contributed by atoms with van der Waals surface area (Å²) in [6.45, 7) is 9.36. The highest BCUT2D eigenvalue weighted by Gasteiger charge is 2.22. The molecule has 3 rings (SSSR count). The molecule has 0 bridgehead atoms. The van der Waals surface area contributed by atoms with Crippen molar-refractivity contribution in [3.8, 4) is 0 Å². The van der Waals surface area contributed by atoms with Crippen LogP contribution in [0.1, 0.15) is 39.2 Å². The Balaban J connectivity index is 1.74. The molecule has 3 aromatic rings. The van der Waals surface area contributed by atoms with Crippen LogP contribution in [0.2, 0.25) is 5.02 Å². The minimum atomic E-state index is -3.48. The average molecular weight is 522 g/mol. The lowest BCUT2D eigenvalue weighted by molar-refractivity contribution is -0.118. The minimum Gasteiger partial charge on any atom is -0.302 e. The van der Waals surface area contributed by atoms with Gasteiger partial charge in [-0.1, -0.05) is 49.8 Å². The molecule has 184 valence electrons. The second kappa shape index (κ2) is 12.1. The largest absolute Gasteiger partial charge is 0.302 e. The molecule has 0 fully saturated rings. The first kappa shape index (κ1) is 26.6. The van der Waals surface area contributed by atoms with Gasteiger partial charge in [0.05, 0.1) is 20.9 Å². The van der Waals surface area contributed by atoms with Crippen molar-refractivity contribution in [2.45, 2.75) is 44.9 Å². The zero-order valence-corrected chi connectivity index (χ0v) is 22.3. The monoisotopic (exact) mass is 521 g/mol. The summed E-state index contributed by atoms with van der Waals surface area (Å²) in [5.41, 5.74) is 2.11. The molecule has 0 N–H and O–H groups in total. The Kier molecular flexibility index (Phi) is 9.47. The van der Waals surface area contributed by atoms with Crippen LogP contribution in [0.4, 0.5) is 5.13 Å². The lowest BCUT2D eigenvalue weighted by atomic mass is 10.2. The molecular weight excluding hydrogens is 490 g/mol. The summed E-state index contributed by atoms with van der Waals surface area (Å²) >= 11 is 7.38. The van der Waals surface area contributed by atoms with Crippen LogP contribution in [-0.4, -0.2) is 56.1 Å². The van der Waals surface area contributed by atoms with Gasteiger partial charge in [0.25, 0.3) is 0 Å². The number of thiazole rings is 1. The zero-order valence-electron chi connectivity index (χ0n) is 20.0. The number of rotatable bonds is 12. The van der Waals surface area contributed by atoms with Gasteiger partial charge in [-0.15, -0.1) is 0 Å². The fraction of sp³-hybridized carbons (Fsp3) is 0.440. The Labute approximate surface area is 211 Å². The highest BCUT2D eigenvalue weighted by atomic mass is 35.5. The Bertz CT molecular complexity index is 1210. The van der Waals surface area contributed by atoms with Crippen LogP contribution in [0.5, 0.6) is 0 Å². The molecule has 0 aliphatic rings. The fourth-order valence-electron chi connectivity index (χ4n) is 3.71. The first-order valence-electron chi connectivity index (χ1n) is 11.7. The van der Waals surface area contributed by atoms with Crippen molar-refractivity contribution in [2.24, 2.45) is 0 Å². The number of anilines is 1. The predicted molar refractivity (Wildman–Crippen MR) is 142 cm³/mol. The summed E-state index contributed by atoms with van der Waals surface area (Å²) in [6, 6.07) is 12.3. The van der Waals surface area contributed by atoms with Gasteiger partial charge in [-0.05, 0) is 67.9 Å². The van der Waals surface area contributed by atoms with Gasteiger partial charge in [0, 0.05) is 24.5 Å². The number of fused-ring (bicyclic) bond motifs is 1. The van der Waals surface area contributed by atoms with Gasteiger partial charge in [0.1, 0.15) is 0 Å². The molecular formula is C25H32ClN3O3S2. The van der Waals surface area contributed by atoms with Crippen LogP contribution in [-0.2, 0) is 21.1 Å². The van der Waals surface area contributed by atoms with E-state index in [1.165, 1.54) is 29.0 Å². The smallest absolute Gasteiger partial charge is 0.228 e. The van der Waals surface area contributed by atoms with Gasteiger partial charge in [-0.2, -0.15) is 0 Å². The highest BCUT2D eigenvalue weighted by Crippen LogP contribution is 2.30. The maximum Gasteiger partial charge on any atom is 0.228 e. The quantitative estimate of drug-likeness (QED) is 0.317. The zero-order chi connectivity index (χ0) is 24.7. The Hall–Kier alpha value is -2.00. The van der Waals surface area contributed by atoms with E-state index in [2.05, 4.69) is 37.8 Å². The SMILES string of the molecule is CCc1ccc2nc(N(CCN(CC)CC)C(=O)CCCS(=O)(=O)c3ccc(Cl)cc3)sc2c1. The molecule has 0 saturated heterocycles. The molecule has 0 unspecified atom stereocenters. The van der Waals surface area contributed by atoms with Crippen molar-refractivity contribution in [3.05, 3.63) is 53.1 Å². The third-order valence-corrected chi connectivity index (χ3v) is 9.00. The van der Waals surface area contributed by atoms with E-state index in [-0.39, 0.29) is 29.4 Å². The summed E-state index contributed by atoms with van der Waals surface area (Å²) in [6.07, 6.45) is 1.33. The summed E-state index contributed by atoms with van der Waals surface area (Å²) in [7, 11) is -3.48. The van der Waals surface area contributed by atoms with Crippen molar-refractivity contribution < 1.29 is 13.2 Å². The minimum absolute atomic E-state index is 0.0933. The van der Waals surface area contributed by atoms with Crippen LogP contribution in [0.25, 0.3) is 10.2 Å². The molecule has 0 spiro atoms. The number of sulfone groups is 1. The number of likely N-dealkylation sites (N-methyl/N-ethyl adjacent to an activating group) is 1. The number of benzene rings is 2. The summed E-state index contributed by atoms with van der Waals surface area (Å²) in [5, 5.41) is 1.15. The maximum atomic E-state index is 13.3. The van der Waals surface area contributed by atoms with E-state index in [9.17, 15) is 13.2 Å². The molecule has 0 aliphatic carbocycles. The normalized spacial score (nSPS) is 11.9. The van der Waals surface area contributed by atoms with Crippen LogP contribution < -0.4 is 4.90 Å². The molecule has 6 nitrogen and oxygen atoms in total. The molecule has 0 atom stereocenters. The molecule has 34 heavy (non-hydrogen) atoms. The van der Waals surface area contributed by atoms with Crippen molar-refractivity contribution in [2.75, 3.05) is 36.8 Å². The van der Waals surface area contributed by atoms with E-state index in [0.717, 1.165) is 36.3 Å². The van der Waals surface area contributed by atoms with Gasteiger partial charge < -0.3 is 4.90 Å². The summed E-state index contributed by atoms with van der Waals surface area (Å²) in [5.74, 6) is -0.197. The number of carbonyl (C=O) groups excluding carboxylic acids is 1.